The number of ketones is 1. The number of hydrogen-bond donors (Lipinski definition) is 1. The number of carbonyl (C=O) groups excluding carboxylic acids is 1. The van der Waals surface area contributed by atoms with Crippen molar-refractivity contribution in [2.75, 3.05) is 6.54 Å². The molecular weight excluding hydrogens is 226 g/mol. The summed E-state index contributed by atoms with van der Waals surface area (Å²) in [5.41, 5.74) is 6.51. The molecule has 94 valence electrons. The van der Waals surface area contributed by atoms with Gasteiger partial charge in [0, 0.05) is 12.0 Å². The number of carbonyl (C=O) groups is 1. The van der Waals surface area contributed by atoms with Gasteiger partial charge in [-0.15, -0.1) is 0 Å². The Bertz CT molecular complexity index is 543. The zero-order valence-corrected chi connectivity index (χ0v) is 10.6. The number of benzene rings is 1. The second kappa shape index (κ2) is 4.74. The molecule has 1 heterocycles. The number of aromatic nitrogens is 2. The molecule has 18 heavy (non-hydrogen) atoms. The van der Waals surface area contributed by atoms with Gasteiger partial charge in [0.15, 0.2) is 5.78 Å². The summed E-state index contributed by atoms with van der Waals surface area (Å²) in [7, 11) is 0. The van der Waals surface area contributed by atoms with E-state index in [0.717, 1.165) is 5.69 Å². The standard InChI is InChI=1S/C14H17N3O/c1-14(2,10-15)13(18)12-8-9-16-17(12)11-6-4-3-5-7-11/h3-9H,10,15H2,1-2H3. The van der Waals surface area contributed by atoms with Crippen molar-refractivity contribution in [1.82, 2.24) is 9.78 Å². The molecule has 2 aromatic rings. The summed E-state index contributed by atoms with van der Waals surface area (Å²) in [4.78, 5) is 12.4. The van der Waals surface area contributed by atoms with Crippen LogP contribution in [0.1, 0.15) is 24.3 Å². The predicted molar refractivity (Wildman–Crippen MR) is 70.7 cm³/mol. The van der Waals surface area contributed by atoms with Crippen molar-refractivity contribution >= 4 is 5.78 Å². The molecule has 4 nitrogen and oxygen atoms in total. The first kappa shape index (κ1) is 12.5. The molecule has 0 radical (unpaired) electrons. The summed E-state index contributed by atoms with van der Waals surface area (Å²) in [6.07, 6.45) is 1.63. The van der Waals surface area contributed by atoms with Gasteiger partial charge in [-0.25, -0.2) is 4.68 Å². The summed E-state index contributed by atoms with van der Waals surface area (Å²) in [6.45, 7) is 4.00. The summed E-state index contributed by atoms with van der Waals surface area (Å²) in [6, 6.07) is 11.3. The minimum atomic E-state index is -0.577. The van der Waals surface area contributed by atoms with Crippen LogP contribution in [0.2, 0.25) is 0 Å². The first-order valence-electron chi connectivity index (χ1n) is 5.90. The molecule has 0 fully saturated rings. The molecule has 1 aromatic carbocycles. The van der Waals surface area contributed by atoms with Gasteiger partial charge >= 0.3 is 0 Å². The highest BCUT2D eigenvalue weighted by atomic mass is 16.1. The molecule has 0 aliphatic rings. The van der Waals surface area contributed by atoms with Crippen molar-refractivity contribution < 1.29 is 4.79 Å². The maximum atomic E-state index is 12.4. The lowest BCUT2D eigenvalue weighted by atomic mass is 9.86. The van der Waals surface area contributed by atoms with E-state index >= 15 is 0 Å². The molecule has 0 unspecified atom stereocenters. The Hall–Kier alpha value is -1.94. The highest BCUT2D eigenvalue weighted by molar-refractivity contribution is 5.99. The molecular formula is C14H17N3O. The van der Waals surface area contributed by atoms with E-state index < -0.39 is 5.41 Å². The fraction of sp³-hybridized carbons (Fsp3) is 0.286. The van der Waals surface area contributed by atoms with Crippen molar-refractivity contribution in [3.05, 3.63) is 48.3 Å². The SMILES string of the molecule is CC(C)(CN)C(=O)c1ccnn1-c1ccccc1. The largest absolute Gasteiger partial charge is 0.329 e. The zero-order chi connectivity index (χ0) is 13.2. The topological polar surface area (TPSA) is 60.9 Å². The van der Waals surface area contributed by atoms with Gasteiger partial charge in [0.2, 0.25) is 0 Å². The van der Waals surface area contributed by atoms with Gasteiger partial charge in [0.25, 0.3) is 0 Å². The Morgan fingerprint density at radius 1 is 1.28 bits per heavy atom. The van der Waals surface area contributed by atoms with Gasteiger partial charge in [-0.05, 0) is 18.2 Å². The minimum Gasteiger partial charge on any atom is -0.329 e. The van der Waals surface area contributed by atoms with E-state index in [-0.39, 0.29) is 5.78 Å². The third-order valence-corrected chi connectivity index (χ3v) is 3.00. The normalized spacial score (nSPS) is 11.5. The smallest absolute Gasteiger partial charge is 0.188 e. The molecule has 4 heteroatoms. The Kier molecular flexibility index (Phi) is 3.30. The molecule has 2 N–H and O–H groups in total. The van der Waals surface area contributed by atoms with Gasteiger partial charge in [0.1, 0.15) is 5.69 Å². The van der Waals surface area contributed by atoms with Crippen LogP contribution < -0.4 is 5.73 Å². The minimum absolute atomic E-state index is 0.00588. The van der Waals surface area contributed by atoms with Crippen LogP contribution in [0.4, 0.5) is 0 Å². The number of para-hydroxylation sites is 1. The number of nitrogens with two attached hydrogens (primary N) is 1. The van der Waals surface area contributed by atoms with Gasteiger partial charge in [-0.3, -0.25) is 4.79 Å². The molecule has 1 aromatic heterocycles. The van der Waals surface area contributed by atoms with Crippen molar-refractivity contribution in [2.24, 2.45) is 11.1 Å². The highest BCUT2D eigenvalue weighted by Gasteiger charge is 2.29. The van der Waals surface area contributed by atoms with E-state index in [1.54, 1.807) is 16.9 Å². The van der Waals surface area contributed by atoms with Gasteiger partial charge in [0.05, 0.1) is 11.9 Å². The first-order valence-corrected chi connectivity index (χ1v) is 5.90. The monoisotopic (exact) mass is 243 g/mol. The fourth-order valence-electron chi connectivity index (χ4n) is 1.69. The van der Waals surface area contributed by atoms with E-state index in [9.17, 15) is 4.79 Å². The lowest BCUT2D eigenvalue weighted by Crippen LogP contribution is -2.34. The van der Waals surface area contributed by atoms with Crippen molar-refractivity contribution in [3.8, 4) is 5.69 Å². The first-order chi connectivity index (χ1) is 8.56. The molecule has 0 aliphatic heterocycles. The maximum absolute atomic E-state index is 12.4. The average molecular weight is 243 g/mol. The van der Waals surface area contributed by atoms with E-state index in [1.807, 2.05) is 44.2 Å². The third-order valence-electron chi connectivity index (χ3n) is 3.00. The van der Waals surface area contributed by atoms with Gasteiger partial charge < -0.3 is 5.73 Å². The summed E-state index contributed by atoms with van der Waals surface area (Å²) < 4.78 is 1.65. The van der Waals surface area contributed by atoms with E-state index in [2.05, 4.69) is 5.10 Å². The Labute approximate surface area is 106 Å². The predicted octanol–water partition coefficient (Wildman–Crippen LogP) is 2.04. The maximum Gasteiger partial charge on any atom is 0.188 e. The van der Waals surface area contributed by atoms with Crippen LogP contribution in [0.15, 0.2) is 42.6 Å². The lowest BCUT2D eigenvalue weighted by molar-refractivity contribution is 0.0839. The van der Waals surface area contributed by atoms with Gasteiger partial charge in [-0.1, -0.05) is 32.0 Å². The van der Waals surface area contributed by atoms with E-state index in [0.29, 0.717) is 12.2 Å². The van der Waals surface area contributed by atoms with Crippen LogP contribution in [0.3, 0.4) is 0 Å². The molecule has 2 rings (SSSR count). The van der Waals surface area contributed by atoms with Crippen molar-refractivity contribution in [2.45, 2.75) is 13.8 Å². The van der Waals surface area contributed by atoms with Crippen LogP contribution in [0.25, 0.3) is 5.69 Å². The fourth-order valence-corrected chi connectivity index (χ4v) is 1.69. The van der Waals surface area contributed by atoms with E-state index in [4.69, 9.17) is 5.73 Å². The number of hydrogen-bond acceptors (Lipinski definition) is 3. The van der Waals surface area contributed by atoms with Crippen LogP contribution in [-0.4, -0.2) is 22.1 Å². The molecule has 0 bridgehead atoms. The van der Waals surface area contributed by atoms with Crippen molar-refractivity contribution in [1.29, 1.82) is 0 Å². The highest BCUT2D eigenvalue weighted by Crippen LogP contribution is 2.22. The summed E-state index contributed by atoms with van der Waals surface area (Å²) >= 11 is 0. The van der Waals surface area contributed by atoms with Crippen LogP contribution in [0.5, 0.6) is 0 Å². The zero-order valence-electron chi connectivity index (χ0n) is 10.6. The van der Waals surface area contributed by atoms with Crippen LogP contribution in [0, 0.1) is 5.41 Å². The summed E-state index contributed by atoms with van der Waals surface area (Å²) in [5, 5.41) is 4.21. The number of rotatable bonds is 4. The van der Waals surface area contributed by atoms with Gasteiger partial charge in [-0.2, -0.15) is 5.10 Å². The Balaban J connectivity index is 2.44. The number of Topliss-reactive ketones (excluding diaryl/α,β-unsaturated/α-hetero) is 1. The lowest BCUT2D eigenvalue weighted by Gasteiger charge is -2.20. The second-order valence-electron chi connectivity index (χ2n) is 4.88. The van der Waals surface area contributed by atoms with Crippen LogP contribution in [-0.2, 0) is 0 Å². The Morgan fingerprint density at radius 2 is 1.94 bits per heavy atom. The molecule has 0 saturated carbocycles. The molecule has 0 amide bonds. The Morgan fingerprint density at radius 3 is 2.56 bits per heavy atom. The number of nitrogens with zero attached hydrogens (tertiary/aromatic N) is 2. The summed E-state index contributed by atoms with van der Waals surface area (Å²) in [5.74, 6) is 0.00588. The quantitative estimate of drug-likeness (QED) is 0.836. The van der Waals surface area contributed by atoms with Crippen LogP contribution >= 0.6 is 0 Å². The molecule has 0 atom stereocenters. The molecule has 0 aliphatic carbocycles. The second-order valence-corrected chi connectivity index (χ2v) is 4.88. The molecule has 0 saturated heterocycles. The third kappa shape index (κ3) is 2.19. The van der Waals surface area contributed by atoms with Crippen molar-refractivity contribution in [3.63, 3.8) is 0 Å². The van der Waals surface area contributed by atoms with E-state index in [1.165, 1.54) is 0 Å². The molecule has 0 spiro atoms. The average Bonchev–Trinajstić information content (AvgIpc) is 2.87.